The zero-order chi connectivity index (χ0) is 24.1. The minimum Gasteiger partial charge on any atom is -0.454 e. The summed E-state index contributed by atoms with van der Waals surface area (Å²) in [4.78, 5) is 12.7. The van der Waals surface area contributed by atoms with Gasteiger partial charge < -0.3 is 9.73 Å². The van der Waals surface area contributed by atoms with Crippen LogP contribution in [0.1, 0.15) is 97.3 Å². The van der Waals surface area contributed by atoms with Gasteiger partial charge in [-0.3, -0.25) is 9.48 Å². The second kappa shape index (κ2) is 10.7. The first-order valence-electron chi connectivity index (χ1n) is 10.9. The summed E-state index contributed by atoms with van der Waals surface area (Å²) in [6.45, 7) is 5.94. The van der Waals surface area contributed by atoms with E-state index in [1.807, 2.05) is 19.1 Å². The lowest BCUT2D eigenvalue weighted by molar-refractivity contribution is 0.0904. The predicted molar refractivity (Wildman–Crippen MR) is 116 cm³/mol. The summed E-state index contributed by atoms with van der Waals surface area (Å²) in [5.41, 5.74) is 0.816. The number of rotatable bonds is 10. The van der Waals surface area contributed by atoms with E-state index in [1.54, 1.807) is 0 Å². The van der Waals surface area contributed by atoms with Crippen LogP contribution in [0.15, 0.2) is 46.9 Å². The third-order valence-electron chi connectivity index (χ3n) is 5.70. The number of nitrogens with one attached hydrogen (secondary N) is 1. The normalized spacial score (nSPS) is 13.5. The van der Waals surface area contributed by atoms with Crippen molar-refractivity contribution in [3.8, 4) is 0 Å². The van der Waals surface area contributed by atoms with Crippen molar-refractivity contribution in [1.82, 2.24) is 15.1 Å². The Balaban J connectivity index is 1.70. The summed E-state index contributed by atoms with van der Waals surface area (Å²) < 4.78 is 58.3. The Hall–Kier alpha value is -3.10. The Bertz CT molecular complexity index is 1060. The molecule has 3 rings (SSSR count). The molecule has 33 heavy (non-hydrogen) atoms. The number of benzene rings is 1. The first kappa shape index (κ1) is 24.5. The molecule has 0 bridgehead atoms. The fourth-order valence-electron chi connectivity index (χ4n) is 3.54. The van der Waals surface area contributed by atoms with Crippen LogP contribution in [-0.2, 0) is 6.54 Å². The molecular weight excluding hydrogens is 438 g/mol. The molecule has 0 fully saturated rings. The zero-order valence-corrected chi connectivity index (χ0v) is 18.7. The van der Waals surface area contributed by atoms with E-state index in [0.717, 1.165) is 16.7 Å². The lowest BCUT2D eigenvalue weighted by Gasteiger charge is -2.18. The van der Waals surface area contributed by atoms with Crippen LogP contribution in [-0.4, -0.2) is 15.7 Å². The van der Waals surface area contributed by atoms with E-state index in [0.29, 0.717) is 18.4 Å². The second-order valence-electron chi connectivity index (χ2n) is 7.93. The lowest BCUT2D eigenvalue weighted by Crippen LogP contribution is -2.27. The number of hydrogen-bond acceptors (Lipinski definition) is 3. The summed E-state index contributed by atoms with van der Waals surface area (Å²) in [6, 6.07) is 11.4. The van der Waals surface area contributed by atoms with E-state index in [9.17, 15) is 22.4 Å². The maximum atomic E-state index is 13.2. The van der Waals surface area contributed by atoms with E-state index in [-0.39, 0.29) is 24.1 Å². The minimum absolute atomic E-state index is 0.000452. The quantitative estimate of drug-likeness (QED) is 0.335. The highest BCUT2D eigenvalue weighted by molar-refractivity contribution is 5.91. The van der Waals surface area contributed by atoms with Crippen LogP contribution in [0.5, 0.6) is 0 Å². The van der Waals surface area contributed by atoms with Gasteiger partial charge in [0.25, 0.3) is 18.8 Å². The summed E-state index contributed by atoms with van der Waals surface area (Å²) in [6.07, 6.45) is -4.25. The molecule has 0 saturated heterocycles. The van der Waals surface area contributed by atoms with Crippen molar-refractivity contribution in [3.05, 3.63) is 76.5 Å². The molecule has 2 aromatic heterocycles. The molecule has 2 atom stereocenters. The van der Waals surface area contributed by atoms with Crippen molar-refractivity contribution < 1.29 is 26.8 Å². The average Bonchev–Trinajstić information content (AvgIpc) is 3.45. The van der Waals surface area contributed by atoms with Gasteiger partial charge in [0.2, 0.25) is 0 Å². The Morgan fingerprint density at radius 3 is 2.24 bits per heavy atom. The van der Waals surface area contributed by atoms with Gasteiger partial charge in [0.1, 0.15) is 17.1 Å². The van der Waals surface area contributed by atoms with E-state index in [4.69, 9.17) is 4.42 Å². The second-order valence-corrected chi connectivity index (χ2v) is 7.93. The van der Waals surface area contributed by atoms with Gasteiger partial charge in [0.15, 0.2) is 5.76 Å². The van der Waals surface area contributed by atoms with Crippen molar-refractivity contribution in [1.29, 1.82) is 0 Å². The van der Waals surface area contributed by atoms with Gasteiger partial charge in [0, 0.05) is 0 Å². The molecule has 2 heterocycles. The summed E-state index contributed by atoms with van der Waals surface area (Å²) in [5.74, 6) is 0.144. The number of nitrogens with zero attached hydrogens (tertiary/aromatic N) is 2. The largest absolute Gasteiger partial charge is 0.454 e. The zero-order valence-electron chi connectivity index (χ0n) is 18.7. The molecule has 0 aliphatic rings. The van der Waals surface area contributed by atoms with Crippen LogP contribution in [0.4, 0.5) is 17.6 Å². The fraction of sp³-hybridized carbons (Fsp3) is 0.417. The highest BCUT2D eigenvalue weighted by atomic mass is 19.3. The molecule has 0 spiro atoms. The molecular formula is C24H27F4N3O2. The number of amides is 1. The molecule has 1 aromatic carbocycles. The molecule has 2 unspecified atom stereocenters. The smallest absolute Gasteiger partial charge is 0.287 e. The number of halogens is 4. The van der Waals surface area contributed by atoms with E-state index < -0.39 is 30.1 Å². The SMILES string of the molecule is CCC(C)c1ccc(C(CC)NC(=O)c2ccc(Cn3nc(C(F)F)cc3C(F)F)o2)cc1. The Morgan fingerprint density at radius 1 is 1.00 bits per heavy atom. The third-order valence-corrected chi connectivity index (χ3v) is 5.70. The number of carbonyl (C=O) groups is 1. The van der Waals surface area contributed by atoms with Gasteiger partial charge in [-0.1, -0.05) is 45.0 Å². The van der Waals surface area contributed by atoms with E-state index in [1.165, 1.54) is 17.7 Å². The first-order chi connectivity index (χ1) is 15.7. The Morgan fingerprint density at radius 2 is 1.67 bits per heavy atom. The van der Waals surface area contributed by atoms with Gasteiger partial charge in [-0.05, 0) is 48.1 Å². The van der Waals surface area contributed by atoms with E-state index in [2.05, 4.69) is 36.4 Å². The predicted octanol–water partition coefficient (Wildman–Crippen LogP) is 6.79. The first-order valence-corrected chi connectivity index (χ1v) is 10.9. The van der Waals surface area contributed by atoms with Crippen molar-refractivity contribution in [3.63, 3.8) is 0 Å². The Labute approximate surface area is 189 Å². The van der Waals surface area contributed by atoms with Crippen LogP contribution < -0.4 is 5.32 Å². The van der Waals surface area contributed by atoms with Crippen molar-refractivity contribution in [2.75, 3.05) is 0 Å². The molecule has 0 aliphatic carbocycles. The molecule has 5 nitrogen and oxygen atoms in total. The summed E-state index contributed by atoms with van der Waals surface area (Å²) >= 11 is 0. The summed E-state index contributed by atoms with van der Waals surface area (Å²) in [7, 11) is 0. The van der Waals surface area contributed by atoms with Gasteiger partial charge >= 0.3 is 0 Å². The molecule has 0 saturated carbocycles. The number of carbonyl (C=O) groups excluding carboxylic acids is 1. The van der Waals surface area contributed by atoms with Crippen molar-refractivity contribution >= 4 is 5.91 Å². The van der Waals surface area contributed by atoms with E-state index >= 15 is 0 Å². The van der Waals surface area contributed by atoms with Gasteiger partial charge in [0.05, 0.1) is 12.6 Å². The van der Waals surface area contributed by atoms with Gasteiger partial charge in [-0.15, -0.1) is 0 Å². The highest BCUT2D eigenvalue weighted by Gasteiger charge is 2.23. The molecule has 178 valence electrons. The monoisotopic (exact) mass is 465 g/mol. The van der Waals surface area contributed by atoms with Crippen LogP contribution in [0.2, 0.25) is 0 Å². The maximum absolute atomic E-state index is 13.2. The number of alkyl halides is 4. The average molecular weight is 465 g/mol. The van der Waals surface area contributed by atoms with Crippen molar-refractivity contribution in [2.45, 2.75) is 65.0 Å². The van der Waals surface area contributed by atoms with Crippen LogP contribution in [0.25, 0.3) is 0 Å². The number of aromatic nitrogens is 2. The van der Waals surface area contributed by atoms with Crippen LogP contribution in [0.3, 0.4) is 0 Å². The van der Waals surface area contributed by atoms with Gasteiger partial charge in [-0.25, -0.2) is 17.6 Å². The lowest BCUT2D eigenvalue weighted by atomic mass is 9.95. The minimum atomic E-state index is -2.97. The standard InChI is InChI=1S/C24H27F4N3O2/c1-4-14(3)15-6-8-16(9-7-15)18(5-2)29-24(32)21-11-10-17(33-21)13-31-20(23(27)28)12-19(30-31)22(25)26/h6-12,14,18,22-23H,4-5,13H2,1-3H3,(H,29,32). The molecule has 9 heteroatoms. The highest BCUT2D eigenvalue weighted by Crippen LogP contribution is 2.26. The summed E-state index contributed by atoms with van der Waals surface area (Å²) in [5, 5.41) is 6.45. The van der Waals surface area contributed by atoms with Crippen LogP contribution in [0, 0.1) is 0 Å². The molecule has 0 aliphatic heterocycles. The molecule has 3 aromatic rings. The van der Waals surface area contributed by atoms with Gasteiger partial charge in [-0.2, -0.15) is 5.10 Å². The Kier molecular flexibility index (Phi) is 7.94. The molecule has 1 N–H and O–H groups in total. The number of furan rings is 1. The molecule has 0 radical (unpaired) electrons. The molecule has 1 amide bonds. The third kappa shape index (κ3) is 5.83. The maximum Gasteiger partial charge on any atom is 0.287 e. The van der Waals surface area contributed by atoms with Crippen molar-refractivity contribution in [2.24, 2.45) is 0 Å². The topological polar surface area (TPSA) is 60.1 Å². The van der Waals surface area contributed by atoms with Crippen LogP contribution >= 0.6 is 0 Å². The fourth-order valence-corrected chi connectivity index (χ4v) is 3.54. The number of hydrogen-bond donors (Lipinski definition) is 1.